The number of nitrogens with one attached hydrogen (secondary N) is 2. The van der Waals surface area contributed by atoms with Crippen LogP contribution in [-0.4, -0.2) is 25.5 Å². The van der Waals surface area contributed by atoms with Crippen molar-refractivity contribution in [1.29, 1.82) is 0 Å². The van der Waals surface area contributed by atoms with Crippen LogP contribution < -0.4 is 10.6 Å². The summed E-state index contributed by atoms with van der Waals surface area (Å²) in [5.74, 6) is 0. The number of amides is 1. The third-order valence-electron chi connectivity index (χ3n) is 1.64. The zero-order valence-corrected chi connectivity index (χ0v) is 6.62. The topological polar surface area (TPSA) is 41.1 Å². The van der Waals surface area contributed by atoms with E-state index in [1.165, 1.54) is 0 Å². The predicted octanol–water partition coefficient (Wildman–Crippen LogP) is -0.0938. The molecule has 0 spiro atoms. The summed E-state index contributed by atoms with van der Waals surface area (Å²) in [5, 5.41) is 5.98. The van der Waals surface area contributed by atoms with Gasteiger partial charge in [-0.15, -0.1) is 12.4 Å². The summed E-state index contributed by atoms with van der Waals surface area (Å²) < 4.78 is 0. The molecule has 0 aromatic rings. The standard InChI is InChI=1S/C6H12N2O.ClH/c9-5-8-6-1-3-7-4-2-6;/h5-7H,1-4H2,(H,8,9);1H. The van der Waals surface area contributed by atoms with Gasteiger partial charge < -0.3 is 10.6 Å². The van der Waals surface area contributed by atoms with Crippen LogP contribution in [0, 0.1) is 0 Å². The lowest BCUT2D eigenvalue weighted by molar-refractivity contribution is -0.110. The van der Waals surface area contributed by atoms with Gasteiger partial charge >= 0.3 is 0 Å². The molecule has 1 aliphatic rings. The van der Waals surface area contributed by atoms with Gasteiger partial charge in [-0.3, -0.25) is 4.79 Å². The molecular formula is C6H13ClN2O. The zero-order chi connectivity index (χ0) is 6.53. The van der Waals surface area contributed by atoms with Crippen LogP contribution in [0.2, 0.25) is 0 Å². The SMILES string of the molecule is Cl.O=CNC1CCNCC1. The van der Waals surface area contributed by atoms with E-state index in [4.69, 9.17) is 0 Å². The van der Waals surface area contributed by atoms with E-state index in [1.54, 1.807) is 0 Å². The highest BCUT2D eigenvalue weighted by Gasteiger charge is 2.09. The average Bonchev–Trinajstić information content (AvgIpc) is 1.91. The lowest BCUT2D eigenvalue weighted by Crippen LogP contribution is -2.39. The second-order valence-corrected chi connectivity index (χ2v) is 2.31. The van der Waals surface area contributed by atoms with Crippen molar-refractivity contribution in [3.8, 4) is 0 Å². The van der Waals surface area contributed by atoms with Crippen LogP contribution in [0.3, 0.4) is 0 Å². The van der Waals surface area contributed by atoms with Crippen LogP contribution >= 0.6 is 12.4 Å². The van der Waals surface area contributed by atoms with Gasteiger partial charge in [0.25, 0.3) is 0 Å². The molecule has 0 atom stereocenters. The van der Waals surface area contributed by atoms with E-state index in [1.807, 2.05) is 0 Å². The van der Waals surface area contributed by atoms with Crippen molar-refractivity contribution in [2.24, 2.45) is 0 Å². The Hall–Kier alpha value is -0.280. The average molecular weight is 165 g/mol. The molecule has 4 heteroatoms. The Morgan fingerprint density at radius 1 is 1.40 bits per heavy atom. The number of rotatable bonds is 2. The second-order valence-electron chi connectivity index (χ2n) is 2.31. The Kier molecular flexibility index (Phi) is 5.35. The molecule has 0 aromatic heterocycles. The van der Waals surface area contributed by atoms with Crippen molar-refractivity contribution < 1.29 is 4.79 Å². The summed E-state index contributed by atoms with van der Waals surface area (Å²) in [6.45, 7) is 2.07. The first-order valence-corrected chi connectivity index (χ1v) is 3.34. The summed E-state index contributed by atoms with van der Waals surface area (Å²) in [6, 6.07) is 0.420. The van der Waals surface area contributed by atoms with Crippen molar-refractivity contribution in [2.45, 2.75) is 18.9 Å². The number of carbonyl (C=O) groups is 1. The molecule has 0 saturated carbocycles. The van der Waals surface area contributed by atoms with Gasteiger partial charge in [0, 0.05) is 6.04 Å². The molecule has 0 aromatic carbocycles. The van der Waals surface area contributed by atoms with Crippen molar-refractivity contribution >= 4 is 18.8 Å². The number of halogens is 1. The van der Waals surface area contributed by atoms with E-state index >= 15 is 0 Å². The maximum absolute atomic E-state index is 9.94. The molecule has 1 amide bonds. The number of carbonyl (C=O) groups excluding carboxylic acids is 1. The Morgan fingerprint density at radius 2 is 2.00 bits per heavy atom. The third-order valence-corrected chi connectivity index (χ3v) is 1.64. The lowest BCUT2D eigenvalue weighted by atomic mass is 10.1. The Balaban J connectivity index is 0.000000810. The maximum atomic E-state index is 9.94. The van der Waals surface area contributed by atoms with Crippen LogP contribution in [0.15, 0.2) is 0 Å². The third kappa shape index (κ3) is 3.03. The molecule has 2 N–H and O–H groups in total. The van der Waals surface area contributed by atoms with Gasteiger partial charge in [-0.05, 0) is 25.9 Å². The summed E-state index contributed by atoms with van der Waals surface area (Å²) in [4.78, 5) is 9.94. The molecule has 60 valence electrons. The van der Waals surface area contributed by atoms with Crippen molar-refractivity contribution in [2.75, 3.05) is 13.1 Å². The summed E-state index contributed by atoms with van der Waals surface area (Å²) in [7, 11) is 0. The molecule has 0 bridgehead atoms. The molecule has 3 nitrogen and oxygen atoms in total. The van der Waals surface area contributed by atoms with Gasteiger partial charge in [0.05, 0.1) is 0 Å². The number of hydrogen-bond donors (Lipinski definition) is 2. The number of hydrogen-bond acceptors (Lipinski definition) is 2. The Bertz CT molecular complexity index is 93.7. The van der Waals surface area contributed by atoms with Crippen LogP contribution in [-0.2, 0) is 4.79 Å². The van der Waals surface area contributed by atoms with Crippen LogP contribution in [0.25, 0.3) is 0 Å². The summed E-state index contributed by atoms with van der Waals surface area (Å²) in [5.41, 5.74) is 0. The van der Waals surface area contributed by atoms with Gasteiger partial charge in [-0.1, -0.05) is 0 Å². The van der Waals surface area contributed by atoms with E-state index in [0.29, 0.717) is 6.04 Å². The normalized spacial score (nSPS) is 19.2. The van der Waals surface area contributed by atoms with E-state index in [0.717, 1.165) is 32.3 Å². The fraction of sp³-hybridized carbons (Fsp3) is 0.833. The summed E-state index contributed by atoms with van der Waals surface area (Å²) >= 11 is 0. The highest BCUT2D eigenvalue weighted by atomic mass is 35.5. The molecule has 1 heterocycles. The minimum absolute atomic E-state index is 0. The fourth-order valence-corrected chi connectivity index (χ4v) is 1.08. The van der Waals surface area contributed by atoms with Crippen molar-refractivity contribution in [3.63, 3.8) is 0 Å². The number of piperidine rings is 1. The van der Waals surface area contributed by atoms with Crippen LogP contribution in [0.1, 0.15) is 12.8 Å². The first-order valence-electron chi connectivity index (χ1n) is 3.34. The van der Waals surface area contributed by atoms with E-state index in [9.17, 15) is 4.79 Å². The van der Waals surface area contributed by atoms with Crippen LogP contribution in [0.4, 0.5) is 0 Å². The fourth-order valence-electron chi connectivity index (χ4n) is 1.08. The predicted molar refractivity (Wildman–Crippen MR) is 42.3 cm³/mol. The zero-order valence-electron chi connectivity index (χ0n) is 5.80. The van der Waals surface area contributed by atoms with Gasteiger partial charge in [-0.2, -0.15) is 0 Å². The van der Waals surface area contributed by atoms with Gasteiger partial charge in [-0.25, -0.2) is 0 Å². The molecule has 1 saturated heterocycles. The van der Waals surface area contributed by atoms with Crippen molar-refractivity contribution in [1.82, 2.24) is 10.6 Å². The highest BCUT2D eigenvalue weighted by Crippen LogP contribution is 1.99. The first kappa shape index (κ1) is 9.72. The van der Waals surface area contributed by atoms with Gasteiger partial charge in [0.1, 0.15) is 0 Å². The molecule has 0 radical (unpaired) electrons. The van der Waals surface area contributed by atoms with E-state index in [-0.39, 0.29) is 12.4 Å². The minimum atomic E-state index is 0. The molecule has 1 rings (SSSR count). The molecule has 1 aliphatic heterocycles. The second kappa shape index (κ2) is 5.50. The molecule has 0 unspecified atom stereocenters. The van der Waals surface area contributed by atoms with Gasteiger partial charge in [0.15, 0.2) is 0 Å². The smallest absolute Gasteiger partial charge is 0.207 e. The Labute approximate surface area is 67.0 Å². The van der Waals surface area contributed by atoms with E-state index < -0.39 is 0 Å². The first-order chi connectivity index (χ1) is 4.43. The lowest BCUT2D eigenvalue weighted by Gasteiger charge is -2.21. The quantitative estimate of drug-likeness (QED) is 0.560. The molecular weight excluding hydrogens is 152 g/mol. The maximum Gasteiger partial charge on any atom is 0.207 e. The largest absolute Gasteiger partial charge is 0.356 e. The van der Waals surface area contributed by atoms with Crippen LogP contribution in [0.5, 0.6) is 0 Å². The highest BCUT2D eigenvalue weighted by molar-refractivity contribution is 5.85. The Morgan fingerprint density at radius 3 is 2.50 bits per heavy atom. The van der Waals surface area contributed by atoms with Crippen molar-refractivity contribution in [3.05, 3.63) is 0 Å². The monoisotopic (exact) mass is 164 g/mol. The molecule has 10 heavy (non-hydrogen) atoms. The molecule has 0 aliphatic carbocycles. The minimum Gasteiger partial charge on any atom is -0.356 e. The van der Waals surface area contributed by atoms with Gasteiger partial charge in [0.2, 0.25) is 6.41 Å². The summed E-state index contributed by atoms with van der Waals surface area (Å²) in [6.07, 6.45) is 2.92. The van der Waals surface area contributed by atoms with E-state index in [2.05, 4.69) is 10.6 Å². The molecule has 1 fully saturated rings.